The van der Waals surface area contributed by atoms with Gasteiger partial charge in [-0.1, -0.05) is 0 Å². The number of halogens is 3. The minimum atomic E-state index is -1.41. The fourth-order valence-electron chi connectivity index (χ4n) is 4.25. The van der Waals surface area contributed by atoms with E-state index in [-0.39, 0.29) is 5.41 Å². The van der Waals surface area contributed by atoms with Gasteiger partial charge in [0.25, 0.3) is 0 Å². The zero-order valence-corrected chi connectivity index (χ0v) is 14.8. The first-order chi connectivity index (χ1) is 12.5. The summed E-state index contributed by atoms with van der Waals surface area (Å²) < 4.78 is 42.5. The number of hydrogen-bond acceptors (Lipinski definition) is 3. The lowest BCUT2D eigenvalue weighted by Crippen LogP contribution is -2.36. The Bertz CT molecular complexity index is 775. The molecule has 4 rings (SSSR count). The van der Waals surface area contributed by atoms with Crippen molar-refractivity contribution >= 4 is 0 Å². The van der Waals surface area contributed by atoms with Gasteiger partial charge in [0.15, 0.2) is 17.5 Å². The topological polar surface area (TPSA) is 33.1 Å². The smallest absolute Gasteiger partial charge is 0.194 e. The van der Waals surface area contributed by atoms with Crippen molar-refractivity contribution in [2.75, 3.05) is 13.1 Å². The van der Waals surface area contributed by atoms with Gasteiger partial charge in [0.2, 0.25) is 0 Å². The molecule has 7 heteroatoms. The molecule has 0 radical (unpaired) electrons. The van der Waals surface area contributed by atoms with Gasteiger partial charge in [-0.2, -0.15) is 0 Å². The van der Waals surface area contributed by atoms with Crippen LogP contribution in [0.1, 0.15) is 30.7 Å². The second-order valence-corrected chi connectivity index (χ2v) is 7.57. The highest BCUT2D eigenvalue weighted by molar-refractivity contribution is 5.21. The number of nitrogens with zero attached hydrogens (tertiary/aromatic N) is 3. The van der Waals surface area contributed by atoms with Gasteiger partial charge in [0.1, 0.15) is 5.82 Å². The fourth-order valence-corrected chi connectivity index (χ4v) is 4.25. The van der Waals surface area contributed by atoms with E-state index in [1.807, 2.05) is 17.8 Å². The quantitative estimate of drug-likeness (QED) is 0.828. The summed E-state index contributed by atoms with van der Waals surface area (Å²) in [4.78, 5) is 6.63. The van der Waals surface area contributed by atoms with Crippen molar-refractivity contribution in [3.05, 3.63) is 53.4 Å². The summed E-state index contributed by atoms with van der Waals surface area (Å²) in [6.07, 6.45) is 6.95. The predicted molar refractivity (Wildman–Crippen MR) is 91.7 cm³/mol. The molecular weight excluding hydrogens is 341 g/mol. The largest absolute Gasteiger partial charge is 0.337 e. The first-order valence-corrected chi connectivity index (χ1v) is 9.03. The molecule has 26 heavy (non-hydrogen) atoms. The highest BCUT2D eigenvalue weighted by Gasteiger charge is 2.56. The first kappa shape index (κ1) is 17.5. The maximum absolute atomic E-state index is 13.6. The molecule has 1 N–H and O–H groups in total. The first-order valence-electron chi connectivity index (χ1n) is 9.03. The molecule has 1 aromatic heterocycles. The molecule has 0 amide bonds. The molecule has 140 valence electrons. The molecule has 1 saturated carbocycles. The summed E-state index contributed by atoms with van der Waals surface area (Å²) in [6, 6.07) is 2.56. The van der Waals surface area contributed by atoms with Crippen LogP contribution in [0.2, 0.25) is 0 Å². The van der Waals surface area contributed by atoms with Crippen LogP contribution in [-0.4, -0.2) is 33.6 Å². The van der Waals surface area contributed by atoms with Crippen LogP contribution < -0.4 is 5.32 Å². The SMILES string of the molecule is Cn1ccnc1CN(Cc1cc(F)c(F)c(F)c1)[C@@H]1CC12CCNCC2. The minimum Gasteiger partial charge on any atom is -0.337 e. The van der Waals surface area contributed by atoms with Crippen molar-refractivity contribution in [2.45, 2.75) is 38.4 Å². The minimum absolute atomic E-state index is 0.285. The van der Waals surface area contributed by atoms with Crippen LogP contribution in [0.3, 0.4) is 0 Å². The van der Waals surface area contributed by atoms with Crippen molar-refractivity contribution in [1.29, 1.82) is 0 Å². The average molecular weight is 364 g/mol. The highest BCUT2D eigenvalue weighted by Crippen LogP contribution is 2.56. The normalized spacial score (nSPS) is 21.5. The molecule has 1 spiro atoms. The van der Waals surface area contributed by atoms with E-state index in [2.05, 4.69) is 15.2 Å². The Morgan fingerprint density at radius 3 is 2.50 bits per heavy atom. The van der Waals surface area contributed by atoms with Crippen molar-refractivity contribution in [1.82, 2.24) is 19.8 Å². The third kappa shape index (κ3) is 3.25. The average Bonchev–Trinajstić information content (AvgIpc) is 3.14. The van der Waals surface area contributed by atoms with Crippen LogP contribution >= 0.6 is 0 Å². The van der Waals surface area contributed by atoms with Crippen molar-refractivity contribution in [3.63, 3.8) is 0 Å². The summed E-state index contributed by atoms with van der Waals surface area (Å²) in [5, 5.41) is 3.39. The summed E-state index contributed by atoms with van der Waals surface area (Å²) >= 11 is 0. The Kier molecular flexibility index (Phi) is 4.52. The van der Waals surface area contributed by atoms with Crippen molar-refractivity contribution < 1.29 is 13.2 Å². The van der Waals surface area contributed by atoms with E-state index >= 15 is 0 Å². The van der Waals surface area contributed by atoms with Crippen LogP contribution in [0.4, 0.5) is 13.2 Å². The lowest BCUT2D eigenvalue weighted by atomic mass is 9.93. The molecule has 2 heterocycles. The molecule has 1 saturated heterocycles. The monoisotopic (exact) mass is 364 g/mol. The number of nitrogens with one attached hydrogen (secondary N) is 1. The summed E-state index contributed by atoms with van der Waals surface area (Å²) in [7, 11) is 1.94. The Morgan fingerprint density at radius 1 is 1.19 bits per heavy atom. The second-order valence-electron chi connectivity index (χ2n) is 7.57. The van der Waals surface area contributed by atoms with Gasteiger partial charge in [-0.3, -0.25) is 4.90 Å². The standard InChI is InChI=1S/C19H23F3N4/c1-25-7-6-24-17(25)12-26(16-10-19(16)2-4-23-5-3-19)11-13-8-14(20)18(22)15(21)9-13/h6-9,16,23H,2-5,10-12H2,1H3/t16-/m1/s1. The number of aromatic nitrogens is 2. The molecule has 2 fully saturated rings. The third-order valence-corrected chi connectivity index (χ3v) is 5.88. The van der Waals surface area contributed by atoms with E-state index in [4.69, 9.17) is 0 Å². The predicted octanol–water partition coefficient (Wildman–Crippen LogP) is 2.98. The van der Waals surface area contributed by atoms with E-state index in [0.29, 0.717) is 24.7 Å². The van der Waals surface area contributed by atoms with Crippen LogP contribution in [0.5, 0.6) is 0 Å². The van der Waals surface area contributed by atoms with Gasteiger partial charge in [0, 0.05) is 32.0 Å². The van der Waals surface area contributed by atoms with Crippen molar-refractivity contribution in [2.24, 2.45) is 12.5 Å². The fraction of sp³-hybridized carbons (Fsp3) is 0.526. The Morgan fingerprint density at radius 2 is 1.88 bits per heavy atom. The number of aryl methyl sites for hydroxylation is 1. The van der Waals surface area contributed by atoms with Crippen LogP contribution in [0.15, 0.2) is 24.5 Å². The number of rotatable bonds is 5. The third-order valence-electron chi connectivity index (χ3n) is 5.88. The zero-order valence-electron chi connectivity index (χ0n) is 14.8. The van der Waals surface area contributed by atoms with E-state index in [0.717, 1.165) is 50.3 Å². The number of piperidine rings is 1. The van der Waals surface area contributed by atoms with Crippen LogP contribution in [0.25, 0.3) is 0 Å². The lowest BCUT2D eigenvalue weighted by Gasteiger charge is -2.29. The molecule has 1 atom stereocenters. The molecular formula is C19H23F3N4. The number of benzene rings is 1. The summed E-state index contributed by atoms with van der Waals surface area (Å²) in [6.45, 7) is 2.99. The van der Waals surface area contributed by atoms with Gasteiger partial charge in [-0.15, -0.1) is 0 Å². The van der Waals surface area contributed by atoms with E-state index in [1.54, 1.807) is 6.20 Å². The molecule has 1 aliphatic heterocycles. The van der Waals surface area contributed by atoms with Crippen molar-refractivity contribution in [3.8, 4) is 0 Å². The van der Waals surface area contributed by atoms with Gasteiger partial charge in [0.05, 0.1) is 6.54 Å². The number of imidazole rings is 1. The van der Waals surface area contributed by atoms with E-state index in [1.165, 1.54) is 0 Å². The molecule has 0 bridgehead atoms. The van der Waals surface area contributed by atoms with Gasteiger partial charge >= 0.3 is 0 Å². The maximum Gasteiger partial charge on any atom is 0.194 e. The zero-order chi connectivity index (χ0) is 18.3. The van der Waals surface area contributed by atoms with Crippen LogP contribution in [0, 0.1) is 22.9 Å². The second kappa shape index (κ2) is 6.70. The molecule has 0 unspecified atom stereocenters. The number of hydrogen-bond donors (Lipinski definition) is 1. The summed E-state index contributed by atoms with van der Waals surface area (Å²) in [5.74, 6) is -2.77. The molecule has 4 nitrogen and oxygen atoms in total. The summed E-state index contributed by atoms with van der Waals surface area (Å²) in [5.41, 5.74) is 0.736. The Labute approximate surface area is 151 Å². The molecule has 2 aliphatic rings. The maximum atomic E-state index is 13.6. The van der Waals surface area contributed by atoms with Gasteiger partial charge in [-0.25, -0.2) is 18.2 Å². The van der Waals surface area contributed by atoms with Gasteiger partial charge < -0.3 is 9.88 Å². The van der Waals surface area contributed by atoms with Gasteiger partial charge in [-0.05, 0) is 55.5 Å². The molecule has 1 aliphatic carbocycles. The Hall–Kier alpha value is -1.86. The molecule has 1 aromatic carbocycles. The molecule has 2 aromatic rings. The Balaban J connectivity index is 1.58. The van der Waals surface area contributed by atoms with Crippen LogP contribution in [-0.2, 0) is 20.1 Å². The lowest BCUT2D eigenvalue weighted by molar-refractivity contribution is 0.182. The van der Waals surface area contributed by atoms with E-state index < -0.39 is 17.5 Å². The van der Waals surface area contributed by atoms with E-state index in [9.17, 15) is 13.2 Å². The highest BCUT2D eigenvalue weighted by atomic mass is 19.2.